The van der Waals surface area contributed by atoms with Crippen LogP contribution in [0.2, 0.25) is 5.15 Å². The smallest absolute Gasteiger partial charge is 0.354 e. The van der Waals surface area contributed by atoms with Crippen LogP contribution in [0.3, 0.4) is 0 Å². The van der Waals surface area contributed by atoms with Gasteiger partial charge < -0.3 is 4.90 Å². The number of piperazine rings is 1. The Morgan fingerprint density at radius 3 is 2.30 bits per heavy atom. The van der Waals surface area contributed by atoms with Crippen LogP contribution in [0.5, 0.6) is 0 Å². The Morgan fingerprint density at radius 1 is 1.00 bits per heavy atom. The summed E-state index contributed by atoms with van der Waals surface area (Å²) >= 11 is 6.62. The van der Waals surface area contributed by atoms with Gasteiger partial charge in [0.15, 0.2) is 0 Å². The van der Waals surface area contributed by atoms with Crippen molar-refractivity contribution in [1.29, 1.82) is 0 Å². The maximum Gasteiger partial charge on any atom is 0.417 e. The number of hydrogen-bond acceptors (Lipinski definition) is 4. The first-order chi connectivity index (χ1) is 14.3. The second-order valence-electron chi connectivity index (χ2n) is 7.27. The molecule has 0 N–H and O–H groups in total. The highest BCUT2D eigenvalue weighted by Crippen LogP contribution is 2.30. The molecule has 4 rings (SSSR count). The summed E-state index contributed by atoms with van der Waals surface area (Å²) in [7, 11) is 0. The van der Waals surface area contributed by atoms with Gasteiger partial charge in [0.25, 0.3) is 0 Å². The number of para-hydroxylation sites is 1. The monoisotopic (exact) mass is 435 g/mol. The lowest BCUT2D eigenvalue weighted by molar-refractivity contribution is -0.137. The van der Waals surface area contributed by atoms with Crippen LogP contribution in [0.4, 0.5) is 19.0 Å². The number of hydrogen-bond donors (Lipinski definition) is 0. The largest absolute Gasteiger partial charge is 0.417 e. The number of rotatable bonds is 4. The first-order valence-corrected chi connectivity index (χ1v) is 10.0. The van der Waals surface area contributed by atoms with E-state index in [0.717, 1.165) is 42.3 Å². The summed E-state index contributed by atoms with van der Waals surface area (Å²) < 4.78 is 39.9. The summed E-state index contributed by atoms with van der Waals surface area (Å²) in [6, 6.07) is 12.3. The van der Waals surface area contributed by atoms with Crippen LogP contribution in [0.1, 0.15) is 16.8 Å². The van der Waals surface area contributed by atoms with Gasteiger partial charge in [0.2, 0.25) is 0 Å². The van der Waals surface area contributed by atoms with Crippen molar-refractivity contribution >= 4 is 17.4 Å². The molecule has 0 radical (unpaired) electrons. The van der Waals surface area contributed by atoms with Crippen LogP contribution in [-0.4, -0.2) is 45.8 Å². The lowest BCUT2D eigenvalue weighted by Gasteiger charge is -2.35. The van der Waals surface area contributed by atoms with E-state index in [1.807, 2.05) is 42.2 Å². The van der Waals surface area contributed by atoms with E-state index in [0.29, 0.717) is 30.6 Å². The standard InChI is InChI=1S/C21H21ClF3N5/c1-15-18(20(22)30(27-15)17-5-3-2-4-6-17)14-28-9-11-29(12-10-28)19-8-7-16(13-26-19)21(23,24)25/h2-8,13H,9-12,14H2,1H3. The number of benzene rings is 1. The van der Waals surface area contributed by atoms with Crippen LogP contribution < -0.4 is 4.90 Å². The molecule has 0 bridgehead atoms. The van der Waals surface area contributed by atoms with Crippen molar-refractivity contribution in [3.63, 3.8) is 0 Å². The maximum absolute atomic E-state index is 12.7. The number of aryl methyl sites for hydroxylation is 1. The molecule has 0 aliphatic carbocycles. The summed E-state index contributed by atoms with van der Waals surface area (Å²) in [4.78, 5) is 8.26. The Morgan fingerprint density at radius 2 is 1.70 bits per heavy atom. The van der Waals surface area contributed by atoms with Gasteiger partial charge >= 0.3 is 6.18 Å². The minimum absolute atomic E-state index is 0.564. The molecule has 2 aromatic heterocycles. The van der Waals surface area contributed by atoms with Crippen molar-refractivity contribution in [3.8, 4) is 5.69 Å². The zero-order chi connectivity index (χ0) is 21.3. The molecule has 3 aromatic rings. The van der Waals surface area contributed by atoms with Gasteiger partial charge in [0, 0.05) is 44.5 Å². The highest BCUT2D eigenvalue weighted by molar-refractivity contribution is 6.30. The van der Waals surface area contributed by atoms with Crippen molar-refractivity contribution < 1.29 is 13.2 Å². The van der Waals surface area contributed by atoms with E-state index in [1.54, 1.807) is 4.68 Å². The molecule has 3 heterocycles. The zero-order valence-corrected chi connectivity index (χ0v) is 17.2. The summed E-state index contributed by atoms with van der Waals surface area (Å²) in [5.74, 6) is 0.564. The first-order valence-electron chi connectivity index (χ1n) is 9.63. The number of nitrogens with zero attached hydrogens (tertiary/aromatic N) is 5. The van der Waals surface area contributed by atoms with Crippen LogP contribution in [0, 0.1) is 6.92 Å². The third-order valence-electron chi connectivity index (χ3n) is 5.28. The Bertz CT molecular complexity index is 994. The fraction of sp³-hybridized carbons (Fsp3) is 0.333. The molecule has 0 unspecified atom stereocenters. The lowest BCUT2D eigenvalue weighted by Crippen LogP contribution is -2.46. The van der Waals surface area contributed by atoms with Gasteiger partial charge in [-0.05, 0) is 31.2 Å². The second kappa shape index (κ2) is 8.28. The van der Waals surface area contributed by atoms with Crippen molar-refractivity contribution in [1.82, 2.24) is 19.7 Å². The van der Waals surface area contributed by atoms with Crippen molar-refractivity contribution in [2.24, 2.45) is 0 Å². The average molecular weight is 436 g/mol. The Hall–Kier alpha value is -2.58. The molecule has 158 valence electrons. The number of pyridine rings is 1. The van der Waals surface area contributed by atoms with Gasteiger partial charge in [-0.3, -0.25) is 4.90 Å². The predicted molar refractivity (Wildman–Crippen MR) is 110 cm³/mol. The molecule has 1 aliphatic rings. The van der Waals surface area contributed by atoms with E-state index in [1.165, 1.54) is 6.07 Å². The fourth-order valence-electron chi connectivity index (χ4n) is 3.55. The first kappa shape index (κ1) is 20.7. The Kier molecular flexibility index (Phi) is 5.71. The summed E-state index contributed by atoms with van der Waals surface area (Å²) in [6.45, 7) is 5.50. The predicted octanol–water partition coefficient (Wildman–Crippen LogP) is 4.57. The van der Waals surface area contributed by atoms with Crippen molar-refractivity contribution in [2.45, 2.75) is 19.6 Å². The molecular formula is C21H21ClF3N5. The lowest BCUT2D eigenvalue weighted by atomic mass is 10.2. The third-order valence-corrected chi connectivity index (χ3v) is 5.66. The van der Waals surface area contributed by atoms with E-state index in [9.17, 15) is 13.2 Å². The van der Waals surface area contributed by atoms with Gasteiger partial charge in [0.05, 0.1) is 16.9 Å². The Labute approximate surface area is 177 Å². The quantitative estimate of drug-likeness (QED) is 0.601. The van der Waals surface area contributed by atoms with Crippen LogP contribution in [-0.2, 0) is 12.7 Å². The van der Waals surface area contributed by atoms with Gasteiger partial charge in [-0.1, -0.05) is 29.8 Å². The van der Waals surface area contributed by atoms with E-state index in [4.69, 9.17) is 11.6 Å². The van der Waals surface area contributed by atoms with E-state index >= 15 is 0 Å². The number of alkyl halides is 3. The molecule has 0 saturated carbocycles. The summed E-state index contributed by atoms with van der Waals surface area (Å²) in [6.07, 6.45) is -3.48. The highest BCUT2D eigenvalue weighted by Gasteiger charge is 2.31. The molecule has 0 spiro atoms. The minimum Gasteiger partial charge on any atom is -0.354 e. The normalized spacial score (nSPS) is 15.6. The van der Waals surface area contributed by atoms with Crippen LogP contribution in [0.15, 0.2) is 48.7 Å². The molecule has 1 aliphatic heterocycles. The van der Waals surface area contributed by atoms with Gasteiger partial charge in [-0.2, -0.15) is 18.3 Å². The van der Waals surface area contributed by atoms with Gasteiger partial charge in [-0.25, -0.2) is 9.67 Å². The summed E-state index contributed by atoms with van der Waals surface area (Å²) in [5.41, 5.74) is 2.05. The minimum atomic E-state index is -4.37. The molecule has 5 nitrogen and oxygen atoms in total. The van der Waals surface area contributed by atoms with Crippen molar-refractivity contribution in [3.05, 3.63) is 70.6 Å². The van der Waals surface area contributed by atoms with E-state index in [-0.39, 0.29) is 0 Å². The molecule has 9 heteroatoms. The SMILES string of the molecule is Cc1nn(-c2ccccc2)c(Cl)c1CN1CCN(c2ccc(C(F)(F)F)cn2)CC1. The maximum atomic E-state index is 12.7. The van der Waals surface area contributed by atoms with E-state index in [2.05, 4.69) is 15.0 Å². The van der Waals surface area contributed by atoms with Crippen molar-refractivity contribution in [2.75, 3.05) is 31.1 Å². The topological polar surface area (TPSA) is 37.2 Å². The molecule has 1 fully saturated rings. The average Bonchev–Trinajstić information content (AvgIpc) is 3.03. The number of halogens is 4. The molecule has 0 atom stereocenters. The molecule has 1 aromatic carbocycles. The zero-order valence-electron chi connectivity index (χ0n) is 16.4. The second-order valence-corrected chi connectivity index (χ2v) is 7.63. The summed E-state index contributed by atoms with van der Waals surface area (Å²) in [5, 5.41) is 5.18. The highest BCUT2D eigenvalue weighted by atomic mass is 35.5. The molecule has 30 heavy (non-hydrogen) atoms. The van der Waals surface area contributed by atoms with Crippen LogP contribution in [0.25, 0.3) is 5.69 Å². The Balaban J connectivity index is 1.40. The van der Waals surface area contributed by atoms with Crippen LogP contribution >= 0.6 is 11.6 Å². The number of anilines is 1. The molecular weight excluding hydrogens is 415 g/mol. The molecule has 1 saturated heterocycles. The third kappa shape index (κ3) is 4.29. The van der Waals surface area contributed by atoms with Gasteiger partial charge in [-0.15, -0.1) is 0 Å². The molecule has 0 amide bonds. The van der Waals surface area contributed by atoms with E-state index < -0.39 is 11.7 Å². The fourth-order valence-corrected chi connectivity index (χ4v) is 3.88. The van der Waals surface area contributed by atoms with Gasteiger partial charge in [0.1, 0.15) is 11.0 Å². The number of aromatic nitrogens is 3.